The van der Waals surface area contributed by atoms with Crippen molar-refractivity contribution in [1.29, 1.82) is 0 Å². The Bertz CT molecular complexity index is 314. The Labute approximate surface area is 107 Å². The molecule has 1 N–H and O–H groups in total. The highest BCUT2D eigenvalue weighted by Gasteiger charge is 2.00. The van der Waals surface area contributed by atoms with E-state index in [0.29, 0.717) is 13.0 Å². The first kappa shape index (κ1) is 14.6. The molecular weight excluding hydrogens is 234 g/mol. The summed E-state index contributed by atoms with van der Waals surface area (Å²) in [6.45, 7) is 4.08. The Balaban J connectivity index is 1.83. The number of unbranched alkanes of at least 4 members (excludes halogenated alkanes) is 2. The molecule has 1 heterocycles. The molecule has 0 aliphatic rings. The van der Waals surface area contributed by atoms with E-state index >= 15 is 0 Å². The average Bonchev–Trinajstić information content (AvgIpc) is 2.86. The van der Waals surface area contributed by atoms with Gasteiger partial charge in [-0.2, -0.15) is 4.98 Å². The molecule has 0 saturated carbocycles. The van der Waals surface area contributed by atoms with Gasteiger partial charge in [-0.1, -0.05) is 11.6 Å². The minimum Gasteiger partial charge on any atom is -0.466 e. The monoisotopic (exact) mass is 255 g/mol. The Morgan fingerprint density at radius 1 is 1.39 bits per heavy atom. The SMILES string of the molecule is CCOC(=O)CCCCCNCCc1ncon1. The van der Waals surface area contributed by atoms with Gasteiger partial charge in [0.25, 0.3) is 0 Å². The molecule has 0 unspecified atom stereocenters. The van der Waals surface area contributed by atoms with Crippen molar-refractivity contribution in [3.8, 4) is 0 Å². The Morgan fingerprint density at radius 2 is 2.28 bits per heavy atom. The minimum atomic E-state index is -0.0948. The molecule has 0 aliphatic carbocycles. The maximum absolute atomic E-state index is 11.0. The standard InChI is InChI=1S/C12H21N3O3/c1-2-17-12(16)6-4-3-5-8-13-9-7-11-14-10-18-15-11/h10,13H,2-9H2,1H3. The van der Waals surface area contributed by atoms with Crippen molar-refractivity contribution in [3.63, 3.8) is 0 Å². The van der Waals surface area contributed by atoms with Crippen LogP contribution in [0.25, 0.3) is 0 Å². The first-order valence-corrected chi connectivity index (χ1v) is 6.44. The lowest BCUT2D eigenvalue weighted by Gasteiger charge is -2.03. The van der Waals surface area contributed by atoms with Crippen molar-refractivity contribution in [1.82, 2.24) is 15.5 Å². The van der Waals surface area contributed by atoms with Crippen LogP contribution < -0.4 is 5.32 Å². The van der Waals surface area contributed by atoms with Crippen LogP contribution in [0, 0.1) is 0 Å². The third kappa shape index (κ3) is 7.01. The summed E-state index contributed by atoms with van der Waals surface area (Å²) in [5.74, 6) is 0.632. The van der Waals surface area contributed by atoms with Gasteiger partial charge in [0.1, 0.15) is 0 Å². The number of ether oxygens (including phenoxy) is 1. The van der Waals surface area contributed by atoms with Crippen LogP contribution in [0.1, 0.15) is 38.4 Å². The Morgan fingerprint density at radius 3 is 3.00 bits per heavy atom. The second kappa shape index (κ2) is 9.58. The van der Waals surface area contributed by atoms with Gasteiger partial charge in [0.15, 0.2) is 5.82 Å². The molecule has 0 aromatic carbocycles. The number of nitrogens with one attached hydrogen (secondary N) is 1. The first-order valence-electron chi connectivity index (χ1n) is 6.44. The lowest BCUT2D eigenvalue weighted by molar-refractivity contribution is -0.143. The Kier molecular flexibility index (Phi) is 7.79. The van der Waals surface area contributed by atoms with Crippen LogP contribution in [0.5, 0.6) is 0 Å². The molecule has 0 fully saturated rings. The maximum Gasteiger partial charge on any atom is 0.305 e. The van der Waals surface area contributed by atoms with Gasteiger partial charge in [0.05, 0.1) is 6.61 Å². The second-order valence-electron chi connectivity index (χ2n) is 3.96. The van der Waals surface area contributed by atoms with E-state index < -0.39 is 0 Å². The minimum absolute atomic E-state index is 0.0948. The molecule has 0 aliphatic heterocycles. The zero-order chi connectivity index (χ0) is 13.1. The van der Waals surface area contributed by atoms with Gasteiger partial charge >= 0.3 is 5.97 Å². The largest absolute Gasteiger partial charge is 0.466 e. The number of carbonyl (C=O) groups is 1. The number of rotatable bonds is 10. The summed E-state index contributed by atoms with van der Waals surface area (Å²) in [7, 11) is 0. The normalized spacial score (nSPS) is 10.5. The highest BCUT2D eigenvalue weighted by atomic mass is 16.5. The fourth-order valence-electron chi connectivity index (χ4n) is 1.56. The summed E-state index contributed by atoms with van der Waals surface area (Å²) in [4.78, 5) is 15.0. The van der Waals surface area contributed by atoms with E-state index in [1.807, 2.05) is 6.92 Å². The lowest BCUT2D eigenvalue weighted by Crippen LogP contribution is -2.19. The van der Waals surface area contributed by atoms with E-state index in [1.165, 1.54) is 6.39 Å². The molecule has 18 heavy (non-hydrogen) atoms. The zero-order valence-electron chi connectivity index (χ0n) is 10.9. The van der Waals surface area contributed by atoms with Crippen LogP contribution in [-0.4, -0.2) is 35.8 Å². The fourth-order valence-corrected chi connectivity index (χ4v) is 1.56. The molecule has 0 spiro atoms. The predicted octanol–water partition coefficient (Wildman–Crippen LogP) is 1.33. The molecule has 0 atom stereocenters. The Hall–Kier alpha value is -1.43. The van der Waals surface area contributed by atoms with Gasteiger partial charge in [-0.15, -0.1) is 0 Å². The molecular formula is C12H21N3O3. The van der Waals surface area contributed by atoms with Crippen LogP contribution in [0.15, 0.2) is 10.9 Å². The van der Waals surface area contributed by atoms with Crippen LogP contribution >= 0.6 is 0 Å². The average molecular weight is 255 g/mol. The van der Waals surface area contributed by atoms with Crippen molar-refractivity contribution < 1.29 is 14.1 Å². The number of esters is 1. The molecule has 6 heteroatoms. The second-order valence-corrected chi connectivity index (χ2v) is 3.96. The maximum atomic E-state index is 11.0. The van der Waals surface area contributed by atoms with Gasteiger partial charge in [-0.3, -0.25) is 4.79 Å². The lowest BCUT2D eigenvalue weighted by atomic mass is 10.2. The van der Waals surface area contributed by atoms with E-state index in [1.54, 1.807) is 0 Å². The van der Waals surface area contributed by atoms with E-state index in [9.17, 15) is 4.79 Å². The third-order valence-electron chi connectivity index (χ3n) is 2.47. The van der Waals surface area contributed by atoms with E-state index in [4.69, 9.17) is 4.74 Å². The summed E-state index contributed by atoms with van der Waals surface area (Å²) >= 11 is 0. The molecule has 0 saturated heterocycles. The van der Waals surface area contributed by atoms with Crippen molar-refractivity contribution >= 4 is 5.97 Å². The van der Waals surface area contributed by atoms with Gasteiger partial charge in [-0.25, -0.2) is 0 Å². The summed E-state index contributed by atoms with van der Waals surface area (Å²) < 4.78 is 9.49. The van der Waals surface area contributed by atoms with Crippen LogP contribution in [0.3, 0.4) is 0 Å². The molecule has 0 bridgehead atoms. The smallest absolute Gasteiger partial charge is 0.305 e. The number of hydrogen-bond donors (Lipinski definition) is 1. The molecule has 1 aromatic rings. The fraction of sp³-hybridized carbons (Fsp3) is 0.750. The molecule has 1 rings (SSSR count). The third-order valence-corrected chi connectivity index (χ3v) is 2.47. The quantitative estimate of drug-likeness (QED) is 0.502. The zero-order valence-corrected chi connectivity index (χ0v) is 10.9. The molecule has 0 amide bonds. The van der Waals surface area contributed by atoms with Crippen molar-refractivity contribution in [2.45, 2.75) is 39.0 Å². The molecule has 0 radical (unpaired) electrons. The predicted molar refractivity (Wildman–Crippen MR) is 66.0 cm³/mol. The van der Waals surface area contributed by atoms with Gasteiger partial charge in [-0.05, 0) is 26.3 Å². The number of aromatic nitrogens is 2. The topological polar surface area (TPSA) is 77.2 Å². The summed E-state index contributed by atoms with van der Waals surface area (Å²) in [6.07, 6.45) is 5.63. The number of nitrogens with zero attached hydrogens (tertiary/aromatic N) is 2. The van der Waals surface area contributed by atoms with Crippen LogP contribution in [-0.2, 0) is 16.0 Å². The summed E-state index contributed by atoms with van der Waals surface area (Å²) in [6, 6.07) is 0. The molecule has 102 valence electrons. The number of hydrogen-bond acceptors (Lipinski definition) is 6. The summed E-state index contributed by atoms with van der Waals surface area (Å²) in [5, 5.41) is 7.02. The highest BCUT2D eigenvalue weighted by Crippen LogP contribution is 2.00. The molecule has 6 nitrogen and oxygen atoms in total. The van der Waals surface area contributed by atoms with Gasteiger partial charge in [0, 0.05) is 19.4 Å². The van der Waals surface area contributed by atoms with Gasteiger partial charge < -0.3 is 14.6 Å². The van der Waals surface area contributed by atoms with Crippen molar-refractivity contribution in [3.05, 3.63) is 12.2 Å². The van der Waals surface area contributed by atoms with Gasteiger partial charge in [0.2, 0.25) is 6.39 Å². The first-order chi connectivity index (χ1) is 8.83. The van der Waals surface area contributed by atoms with E-state index in [0.717, 1.165) is 44.6 Å². The van der Waals surface area contributed by atoms with Crippen LogP contribution in [0.4, 0.5) is 0 Å². The van der Waals surface area contributed by atoms with Crippen LogP contribution in [0.2, 0.25) is 0 Å². The van der Waals surface area contributed by atoms with E-state index in [-0.39, 0.29) is 5.97 Å². The van der Waals surface area contributed by atoms with Crippen molar-refractivity contribution in [2.75, 3.05) is 19.7 Å². The summed E-state index contributed by atoms with van der Waals surface area (Å²) in [5.41, 5.74) is 0. The number of carbonyl (C=O) groups excluding carboxylic acids is 1. The van der Waals surface area contributed by atoms with E-state index in [2.05, 4.69) is 20.0 Å². The highest BCUT2D eigenvalue weighted by molar-refractivity contribution is 5.69. The molecule has 1 aromatic heterocycles. The van der Waals surface area contributed by atoms with Crippen molar-refractivity contribution in [2.24, 2.45) is 0 Å².